The van der Waals surface area contributed by atoms with Crippen LogP contribution in [0.3, 0.4) is 0 Å². The van der Waals surface area contributed by atoms with Gasteiger partial charge in [-0.2, -0.15) is 4.98 Å². The zero-order valence-corrected chi connectivity index (χ0v) is 7.87. The number of aromatic amines is 2. The van der Waals surface area contributed by atoms with Crippen LogP contribution < -0.4 is 5.69 Å². The number of aromatic nitrogens is 5. The molecule has 0 aromatic carbocycles. The molecule has 8 heteroatoms. The monoisotopic (exact) mass is 213 g/mol. The Kier molecular flexibility index (Phi) is 2.27. The molecule has 0 spiro atoms. The van der Waals surface area contributed by atoms with E-state index in [0.717, 1.165) is 0 Å². The van der Waals surface area contributed by atoms with E-state index in [1.165, 1.54) is 10.9 Å². The van der Waals surface area contributed by atoms with Crippen molar-refractivity contribution in [2.24, 2.45) is 0 Å². The van der Waals surface area contributed by atoms with Gasteiger partial charge in [0.2, 0.25) is 5.89 Å². The van der Waals surface area contributed by atoms with Crippen molar-refractivity contribution in [1.82, 2.24) is 24.9 Å². The highest BCUT2D eigenvalue weighted by atomic mass is 32.1. The molecule has 2 aromatic rings. The molecule has 2 rings (SSSR count). The fourth-order valence-electron chi connectivity index (χ4n) is 1.05. The highest BCUT2D eigenvalue weighted by Gasteiger charge is 2.03. The summed E-state index contributed by atoms with van der Waals surface area (Å²) in [6.45, 7) is 0.417. The van der Waals surface area contributed by atoms with Crippen LogP contribution in [0.25, 0.3) is 0 Å². The zero-order chi connectivity index (χ0) is 9.97. The van der Waals surface area contributed by atoms with Crippen LogP contribution in [-0.4, -0.2) is 24.9 Å². The second-order valence-electron chi connectivity index (χ2n) is 2.60. The Morgan fingerprint density at radius 1 is 1.57 bits per heavy atom. The van der Waals surface area contributed by atoms with Gasteiger partial charge in [-0.05, 0) is 12.2 Å². The van der Waals surface area contributed by atoms with Crippen LogP contribution in [-0.2, 0) is 13.0 Å². The van der Waals surface area contributed by atoms with Crippen molar-refractivity contribution >= 4 is 12.2 Å². The molecule has 0 amide bonds. The molecular formula is C6H7N5O2S. The summed E-state index contributed by atoms with van der Waals surface area (Å²) in [7, 11) is 0. The highest BCUT2D eigenvalue weighted by molar-refractivity contribution is 7.71. The highest BCUT2D eigenvalue weighted by Crippen LogP contribution is 1.94. The van der Waals surface area contributed by atoms with Gasteiger partial charge in [0.1, 0.15) is 0 Å². The first-order valence-corrected chi connectivity index (χ1v) is 4.31. The molecule has 14 heavy (non-hydrogen) atoms. The van der Waals surface area contributed by atoms with E-state index in [2.05, 4.69) is 20.3 Å². The predicted molar refractivity (Wildman–Crippen MR) is 48.2 cm³/mol. The van der Waals surface area contributed by atoms with Gasteiger partial charge in [0.05, 0.1) is 0 Å². The third-order valence-corrected chi connectivity index (χ3v) is 2.05. The summed E-state index contributed by atoms with van der Waals surface area (Å²) in [5.41, 5.74) is -0.269. The molecule has 0 saturated carbocycles. The largest absolute Gasteiger partial charge is 0.342 e. The second-order valence-corrected chi connectivity index (χ2v) is 2.98. The number of nitrogens with one attached hydrogen (secondary N) is 2. The molecule has 0 fully saturated rings. The van der Waals surface area contributed by atoms with E-state index in [1.54, 1.807) is 0 Å². The molecule has 7 nitrogen and oxygen atoms in total. The molecule has 0 atom stereocenters. The summed E-state index contributed by atoms with van der Waals surface area (Å²) in [6.07, 6.45) is 1.80. The van der Waals surface area contributed by atoms with Crippen LogP contribution >= 0.6 is 12.2 Å². The van der Waals surface area contributed by atoms with Crippen molar-refractivity contribution in [2.45, 2.75) is 13.0 Å². The quantitative estimate of drug-likeness (QED) is 0.692. The number of aryl methyl sites for hydroxylation is 1. The lowest BCUT2D eigenvalue weighted by Gasteiger charge is -1.94. The van der Waals surface area contributed by atoms with Crippen molar-refractivity contribution in [3.05, 3.63) is 27.5 Å². The molecular weight excluding hydrogens is 206 g/mol. The van der Waals surface area contributed by atoms with E-state index >= 15 is 0 Å². The first-order valence-electron chi connectivity index (χ1n) is 3.90. The molecule has 0 saturated heterocycles. The second kappa shape index (κ2) is 3.58. The first-order chi connectivity index (χ1) is 6.77. The van der Waals surface area contributed by atoms with Crippen molar-refractivity contribution in [1.29, 1.82) is 0 Å². The van der Waals surface area contributed by atoms with E-state index in [4.69, 9.17) is 16.7 Å². The Balaban J connectivity index is 2.13. The van der Waals surface area contributed by atoms with Gasteiger partial charge in [-0.25, -0.2) is 9.89 Å². The summed E-state index contributed by atoms with van der Waals surface area (Å²) >= 11 is 4.88. The third kappa shape index (κ3) is 1.64. The van der Waals surface area contributed by atoms with Crippen LogP contribution in [0.1, 0.15) is 5.89 Å². The fraction of sp³-hybridized carbons (Fsp3) is 0.333. The Bertz CT molecular complexity index is 479. The van der Waals surface area contributed by atoms with E-state index in [9.17, 15) is 4.79 Å². The van der Waals surface area contributed by atoms with E-state index < -0.39 is 0 Å². The lowest BCUT2D eigenvalue weighted by Crippen LogP contribution is -2.18. The Hall–Kier alpha value is -1.70. The first kappa shape index (κ1) is 8.88. The van der Waals surface area contributed by atoms with Gasteiger partial charge in [0.25, 0.3) is 0 Å². The van der Waals surface area contributed by atoms with Crippen LogP contribution in [0.2, 0.25) is 0 Å². The molecule has 74 valence electrons. The molecule has 0 bridgehead atoms. The zero-order valence-electron chi connectivity index (χ0n) is 7.06. The normalized spacial score (nSPS) is 10.6. The third-order valence-electron chi connectivity index (χ3n) is 1.72. The van der Waals surface area contributed by atoms with E-state index in [0.29, 0.717) is 23.6 Å². The van der Waals surface area contributed by atoms with Crippen molar-refractivity contribution in [3.63, 3.8) is 0 Å². The molecule has 0 aliphatic carbocycles. The van der Waals surface area contributed by atoms with Gasteiger partial charge in [-0.15, -0.1) is 0 Å². The minimum atomic E-state index is -0.269. The minimum absolute atomic E-state index is 0.269. The summed E-state index contributed by atoms with van der Waals surface area (Å²) in [6, 6.07) is 0. The lowest BCUT2D eigenvalue weighted by molar-refractivity contribution is 0.370. The van der Waals surface area contributed by atoms with E-state index in [1.807, 2.05) is 0 Å². The van der Waals surface area contributed by atoms with Gasteiger partial charge in [-0.1, -0.05) is 5.16 Å². The molecule has 0 radical (unpaired) electrons. The molecule has 0 unspecified atom stereocenters. The standard InChI is InChI=1S/C6H7N5O2S/c12-5-9-10-6(14)11(5)2-1-4-7-3-8-13-4/h3H,1-2H2,(H,9,12)(H,10,14). The van der Waals surface area contributed by atoms with Crippen LogP contribution in [0.5, 0.6) is 0 Å². The number of nitrogens with zero attached hydrogens (tertiary/aromatic N) is 3. The summed E-state index contributed by atoms with van der Waals surface area (Å²) in [4.78, 5) is 15.0. The van der Waals surface area contributed by atoms with Crippen molar-refractivity contribution in [3.8, 4) is 0 Å². The molecule has 0 aliphatic heterocycles. The summed E-state index contributed by atoms with van der Waals surface area (Å²) < 4.78 is 6.53. The van der Waals surface area contributed by atoms with E-state index in [-0.39, 0.29) is 5.69 Å². The molecule has 0 aliphatic rings. The molecule has 2 aromatic heterocycles. The smallest absolute Gasteiger partial charge is 0.340 e. The summed E-state index contributed by atoms with van der Waals surface area (Å²) in [5.74, 6) is 0.479. The van der Waals surface area contributed by atoms with Crippen LogP contribution in [0.4, 0.5) is 0 Å². The van der Waals surface area contributed by atoms with Gasteiger partial charge in [0.15, 0.2) is 11.1 Å². The maximum Gasteiger partial charge on any atom is 0.342 e. The Labute approximate surface area is 82.8 Å². The van der Waals surface area contributed by atoms with Crippen LogP contribution in [0.15, 0.2) is 15.6 Å². The SMILES string of the molecule is O=c1[nH][nH]c(=S)n1CCc1ncno1. The van der Waals surface area contributed by atoms with Crippen LogP contribution in [0, 0.1) is 4.77 Å². The van der Waals surface area contributed by atoms with Gasteiger partial charge < -0.3 is 4.52 Å². The average molecular weight is 213 g/mol. The number of hydrogen-bond donors (Lipinski definition) is 2. The average Bonchev–Trinajstić information content (AvgIpc) is 2.76. The lowest BCUT2D eigenvalue weighted by atomic mass is 10.4. The van der Waals surface area contributed by atoms with Crippen molar-refractivity contribution in [2.75, 3.05) is 0 Å². The summed E-state index contributed by atoms with van der Waals surface area (Å²) in [5, 5.41) is 8.37. The van der Waals surface area contributed by atoms with Gasteiger partial charge >= 0.3 is 5.69 Å². The molecule has 2 heterocycles. The molecule has 2 N–H and O–H groups in total. The number of hydrogen-bond acceptors (Lipinski definition) is 5. The number of H-pyrrole nitrogens is 2. The van der Waals surface area contributed by atoms with Crippen molar-refractivity contribution < 1.29 is 4.52 Å². The van der Waals surface area contributed by atoms with Gasteiger partial charge in [-0.3, -0.25) is 9.67 Å². The minimum Gasteiger partial charge on any atom is -0.340 e. The Morgan fingerprint density at radius 2 is 2.43 bits per heavy atom. The topological polar surface area (TPSA) is 92.5 Å². The maximum absolute atomic E-state index is 11.1. The van der Waals surface area contributed by atoms with Gasteiger partial charge in [0, 0.05) is 13.0 Å². The fourth-order valence-corrected chi connectivity index (χ4v) is 1.28. The Morgan fingerprint density at radius 3 is 3.00 bits per heavy atom. The predicted octanol–water partition coefficient (Wildman–Crippen LogP) is -0.140. The number of rotatable bonds is 3. The maximum atomic E-state index is 11.1.